The molecule has 5 heteroatoms. The molecule has 2 fully saturated rings. The summed E-state index contributed by atoms with van der Waals surface area (Å²) in [7, 11) is 1.86. The lowest BCUT2D eigenvalue weighted by Gasteiger charge is -2.43. The second kappa shape index (κ2) is 4.89. The Morgan fingerprint density at radius 3 is 2.95 bits per heavy atom. The molecule has 2 atom stereocenters. The predicted molar refractivity (Wildman–Crippen MR) is 72.9 cm³/mol. The highest BCUT2D eigenvalue weighted by atomic mass is 16.5. The number of hydrogen-bond acceptors (Lipinski definition) is 3. The lowest BCUT2D eigenvalue weighted by molar-refractivity contribution is -0.0755. The molecule has 5 nitrogen and oxygen atoms in total. The number of aryl methyl sites for hydroxylation is 1. The van der Waals surface area contributed by atoms with Crippen LogP contribution in [0.2, 0.25) is 0 Å². The Hall–Kier alpha value is -1.49. The van der Waals surface area contributed by atoms with Gasteiger partial charge in [-0.3, -0.25) is 4.79 Å². The summed E-state index contributed by atoms with van der Waals surface area (Å²) in [5.74, 6) is 0.0828. The van der Waals surface area contributed by atoms with Gasteiger partial charge in [-0.05, 0) is 18.9 Å². The molecule has 0 radical (unpaired) electrons. The van der Waals surface area contributed by atoms with E-state index in [0.717, 1.165) is 12.8 Å². The van der Waals surface area contributed by atoms with E-state index >= 15 is 0 Å². The molecule has 1 saturated carbocycles. The smallest absolute Gasteiger partial charge is 0.270 e. The van der Waals surface area contributed by atoms with Crippen molar-refractivity contribution in [3.63, 3.8) is 0 Å². The Kier molecular flexibility index (Phi) is 3.22. The van der Waals surface area contributed by atoms with Crippen LogP contribution in [0.15, 0.2) is 12.3 Å². The molecule has 0 spiro atoms. The molecule has 1 saturated heterocycles. The van der Waals surface area contributed by atoms with Crippen LogP contribution in [0.5, 0.6) is 0 Å². The molecule has 0 bridgehead atoms. The van der Waals surface area contributed by atoms with Gasteiger partial charge in [-0.15, -0.1) is 0 Å². The molecule has 2 unspecified atom stereocenters. The molecule has 2 N–H and O–H groups in total. The first-order valence-electron chi connectivity index (χ1n) is 7.01. The number of morpholine rings is 1. The van der Waals surface area contributed by atoms with Crippen LogP contribution in [0, 0.1) is 0 Å². The van der Waals surface area contributed by atoms with Gasteiger partial charge in [-0.1, -0.05) is 12.8 Å². The van der Waals surface area contributed by atoms with Gasteiger partial charge in [0.15, 0.2) is 0 Å². The van der Waals surface area contributed by atoms with Crippen LogP contribution in [-0.2, 0) is 11.8 Å². The highest BCUT2D eigenvalue weighted by molar-refractivity contribution is 5.94. The number of ether oxygens (including phenoxy) is 1. The van der Waals surface area contributed by atoms with E-state index in [1.807, 2.05) is 16.5 Å². The Morgan fingerprint density at radius 2 is 2.21 bits per heavy atom. The number of fused-ring (bicyclic) bond motifs is 1. The first-order chi connectivity index (χ1) is 9.16. The molecule has 2 heterocycles. The van der Waals surface area contributed by atoms with Crippen molar-refractivity contribution in [1.82, 2.24) is 9.47 Å². The summed E-state index contributed by atoms with van der Waals surface area (Å²) >= 11 is 0. The quantitative estimate of drug-likeness (QED) is 0.833. The first kappa shape index (κ1) is 12.5. The molecule has 1 aliphatic heterocycles. The number of carbonyl (C=O) groups excluding carboxylic acids is 1. The topological polar surface area (TPSA) is 60.5 Å². The van der Waals surface area contributed by atoms with Crippen molar-refractivity contribution in [2.24, 2.45) is 7.05 Å². The van der Waals surface area contributed by atoms with Crippen molar-refractivity contribution in [2.45, 2.75) is 37.8 Å². The summed E-state index contributed by atoms with van der Waals surface area (Å²) < 4.78 is 7.62. The normalized spacial score (nSPS) is 27.1. The van der Waals surface area contributed by atoms with Gasteiger partial charge in [0, 0.05) is 19.8 Å². The molecule has 0 aromatic carbocycles. The third-order valence-electron chi connectivity index (χ3n) is 4.24. The minimum Gasteiger partial charge on any atom is -0.397 e. The number of aromatic nitrogens is 1. The summed E-state index contributed by atoms with van der Waals surface area (Å²) in [5, 5.41) is 0. The van der Waals surface area contributed by atoms with Crippen LogP contribution >= 0.6 is 0 Å². The molecule has 1 aliphatic carbocycles. The van der Waals surface area contributed by atoms with E-state index in [9.17, 15) is 4.79 Å². The Bertz CT molecular complexity index is 481. The minimum absolute atomic E-state index is 0.0828. The van der Waals surface area contributed by atoms with E-state index in [-0.39, 0.29) is 18.1 Å². The lowest BCUT2D eigenvalue weighted by atomic mass is 9.90. The van der Waals surface area contributed by atoms with Crippen LogP contribution in [-0.4, -0.2) is 40.7 Å². The summed E-state index contributed by atoms with van der Waals surface area (Å²) in [4.78, 5) is 14.7. The molecule has 2 aliphatic rings. The van der Waals surface area contributed by atoms with Crippen LogP contribution in [0.1, 0.15) is 36.2 Å². The van der Waals surface area contributed by atoms with Crippen LogP contribution in [0.4, 0.5) is 5.69 Å². The van der Waals surface area contributed by atoms with Gasteiger partial charge < -0.3 is 19.9 Å². The maximum atomic E-state index is 12.7. The lowest BCUT2D eigenvalue weighted by Crippen LogP contribution is -2.55. The van der Waals surface area contributed by atoms with Crippen molar-refractivity contribution >= 4 is 11.6 Å². The molecule has 1 aromatic heterocycles. The number of nitrogens with zero attached hydrogens (tertiary/aromatic N) is 2. The fourth-order valence-corrected chi connectivity index (χ4v) is 3.30. The van der Waals surface area contributed by atoms with Gasteiger partial charge >= 0.3 is 0 Å². The van der Waals surface area contributed by atoms with Crippen molar-refractivity contribution in [3.8, 4) is 0 Å². The Morgan fingerprint density at radius 1 is 1.42 bits per heavy atom. The van der Waals surface area contributed by atoms with E-state index < -0.39 is 0 Å². The average Bonchev–Trinajstić information content (AvgIpc) is 2.76. The summed E-state index contributed by atoms with van der Waals surface area (Å²) in [6.07, 6.45) is 6.53. The van der Waals surface area contributed by atoms with Crippen LogP contribution < -0.4 is 5.73 Å². The molecular formula is C14H21N3O2. The number of carbonyl (C=O) groups is 1. The second-order valence-electron chi connectivity index (χ2n) is 5.53. The monoisotopic (exact) mass is 263 g/mol. The number of anilines is 1. The SMILES string of the molecule is Cn1cc(N)cc1C(=O)N1CCOC2CCCCC21. The maximum Gasteiger partial charge on any atom is 0.270 e. The molecule has 19 heavy (non-hydrogen) atoms. The fraction of sp³-hybridized carbons (Fsp3) is 0.643. The molecular weight excluding hydrogens is 242 g/mol. The molecule has 1 amide bonds. The van der Waals surface area contributed by atoms with Gasteiger partial charge in [0.2, 0.25) is 0 Å². The highest BCUT2D eigenvalue weighted by Crippen LogP contribution is 2.29. The minimum atomic E-state index is 0.0828. The Balaban J connectivity index is 1.83. The fourth-order valence-electron chi connectivity index (χ4n) is 3.30. The van der Waals surface area contributed by atoms with Crippen molar-refractivity contribution in [2.75, 3.05) is 18.9 Å². The van der Waals surface area contributed by atoms with Gasteiger partial charge in [0.1, 0.15) is 5.69 Å². The van der Waals surface area contributed by atoms with E-state index in [1.54, 1.807) is 12.3 Å². The largest absolute Gasteiger partial charge is 0.397 e. The first-order valence-corrected chi connectivity index (χ1v) is 7.01. The standard InChI is InChI=1S/C14H21N3O2/c1-16-9-10(15)8-12(16)14(18)17-6-7-19-13-5-3-2-4-11(13)17/h8-9,11,13H,2-7,15H2,1H3. The third-order valence-corrected chi connectivity index (χ3v) is 4.24. The van der Waals surface area contributed by atoms with E-state index in [0.29, 0.717) is 24.5 Å². The zero-order valence-corrected chi connectivity index (χ0v) is 11.3. The Labute approximate surface area is 113 Å². The zero-order chi connectivity index (χ0) is 13.4. The van der Waals surface area contributed by atoms with E-state index in [1.165, 1.54) is 12.8 Å². The van der Waals surface area contributed by atoms with Gasteiger partial charge in [-0.2, -0.15) is 0 Å². The predicted octanol–water partition coefficient (Wildman–Crippen LogP) is 1.39. The third kappa shape index (κ3) is 2.23. The van der Waals surface area contributed by atoms with Crippen molar-refractivity contribution in [3.05, 3.63) is 18.0 Å². The summed E-state index contributed by atoms with van der Waals surface area (Å²) in [5.41, 5.74) is 7.07. The summed E-state index contributed by atoms with van der Waals surface area (Å²) in [6, 6.07) is 2.00. The van der Waals surface area contributed by atoms with Crippen molar-refractivity contribution < 1.29 is 9.53 Å². The zero-order valence-electron chi connectivity index (χ0n) is 11.3. The number of amides is 1. The molecule has 3 rings (SSSR count). The number of nitrogen functional groups attached to an aromatic ring is 1. The van der Waals surface area contributed by atoms with Crippen molar-refractivity contribution in [1.29, 1.82) is 0 Å². The highest BCUT2D eigenvalue weighted by Gasteiger charge is 2.37. The summed E-state index contributed by atoms with van der Waals surface area (Å²) in [6.45, 7) is 1.33. The van der Waals surface area contributed by atoms with Gasteiger partial charge in [0.25, 0.3) is 5.91 Å². The van der Waals surface area contributed by atoms with E-state index in [4.69, 9.17) is 10.5 Å². The number of nitrogens with two attached hydrogens (primary N) is 1. The molecule has 104 valence electrons. The van der Waals surface area contributed by atoms with Crippen LogP contribution in [0.3, 0.4) is 0 Å². The van der Waals surface area contributed by atoms with E-state index in [2.05, 4.69) is 0 Å². The van der Waals surface area contributed by atoms with Gasteiger partial charge in [0.05, 0.1) is 24.4 Å². The molecule has 1 aromatic rings. The number of hydrogen-bond donors (Lipinski definition) is 1. The average molecular weight is 263 g/mol. The number of rotatable bonds is 1. The maximum absolute atomic E-state index is 12.7. The van der Waals surface area contributed by atoms with Crippen LogP contribution in [0.25, 0.3) is 0 Å². The van der Waals surface area contributed by atoms with Gasteiger partial charge in [-0.25, -0.2) is 0 Å². The second-order valence-corrected chi connectivity index (χ2v) is 5.53.